The molecule has 0 radical (unpaired) electrons. The normalized spacial score (nSPS) is 21.9. The molecule has 2 atom stereocenters. The molecule has 2 rings (SSSR count). The summed E-state index contributed by atoms with van der Waals surface area (Å²) in [5.74, 6) is -0.971. The van der Waals surface area contributed by atoms with Gasteiger partial charge in [-0.05, 0) is 24.5 Å². The Morgan fingerprint density at radius 3 is 2.95 bits per heavy atom. The van der Waals surface area contributed by atoms with Crippen molar-refractivity contribution in [3.63, 3.8) is 0 Å². The van der Waals surface area contributed by atoms with Crippen LogP contribution in [0, 0.1) is 5.92 Å². The lowest BCUT2D eigenvalue weighted by Crippen LogP contribution is -2.48. The Hall–Kier alpha value is -2.15. The van der Waals surface area contributed by atoms with Crippen LogP contribution in [0.25, 0.3) is 0 Å². The summed E-state index contributed by atoms with van der Waals surface area (Å²) in [6.07, 6.45) is 1.62. The minimum atomic E-state index is -1.02. The van der Waals surface area contributed by atoms with E-state index in [4.69, 9.17) is 5.11 Å². The van der Waals surface area contributed by atoms with Gasteiger partial charge in [0.1, 0.15) is 0 Å². The predicted octanol–water partition coefficient (Wildman–Crippen LogP) is 0.692. The van der Waals surface area contributed by atoms with Crippen molar-refractivity contribution in [2.24, 2.45) is 5.92 Å². The van der Waals surface area contributed by atoms with E-state index in [0.29, 0.717) is 25.2 Å². The number of pyridine rings is 1. The van der Waals surface area contributed by atoms with Crippen molar-refractivity contribution in [3.8, 4) is 0 Å². The van der Waals surface area contributed by atoms with Crippen molar-refractivity contribution < 1.29 is 19.8 Å². The summed E-state index contributed by atoms with van der Waals surface area (Å²) in [4.78, 5) is 28.6. The minimum Gasteiger partial charge on any atom is -0.478 e. The Morgan fingerprint density at radius 2 is 2.29 bits per heavy atom. The lowest BCUT2D eigenvalue weighted by atomic mass is 9.97. The van der Waals surface area contributed by atoms with Crippen LogP contribution in [0.5, 0.6) is 0 Å². The third kappa shape index (κ3) is 3.91. The Balaban J connectivity index is 1.89. The second-order valence-electron chi connectivity index (χ2n) is 5.28. The van der Waals surface area contributed by atoms with Crippen molar-refractivity contribution in [1.82, 2.24) is 15.2 Å². The number of urea groups is 1. The highest BCUT2D eigenvalue weighted by Gasteiger charge is 2.26. The molecule has 114 valence electrons. The average Bonchev–Trinajstić information content (AvgIpc) is 2.48. The third-order valence-electron chi connectivity index (χ3n) is 3.63. The number of nitrogens with zero attached hydrogens (tertiary/aromatic N) is 2. The SMILES string of the molecule is CC1CN(C(=O)NCc2cc(C(=O)O)ccn2)CCC1O. The van der Waals surface area contributed by atoms with Crippen LogP contribution in [0.3, 0.4) is 0 Å². The number of amides is 2. The smallest absolute Gasteiger partial charge is 0.335 e. The summed E-state index contributed by atoms with van der Waals surface area (Å²) in [5.41, 5.74) is 0.636. The summed E-state index contributed by atoms with van der Waals surface area (Å²) in [7, 11) is 0. The van der Waals surface area contributed by atoms with E-state index >= 15 is 0 Å². The van der Waals surface area contributed by atoms with Gasteiger partial charge in [-0.3, -0.25) is 4.98 Å². The minimum absolute atomic E-state index is 0.0537. The Morgan fingerprint density at radius 1 is 1.52 bits per heavy atom. The number of carboxylic acids is 1. The first-order chi connectivity index (χ1) is 9.97. The zero-order chi connectivity index (χ0) is 15.4. The zero-order valence-electron chi connectivity index (χ0n) is 11.8. The standard InChI is InChI=1S/C14H19N3O4/c1-9-8-17(5-3-12(9)18)14(21)16-7-11-6-10(13(19)20)2-4-15-11/h2,4,6,9,12,18H,3,5,7-8H2,1H3,(H,16,21)(H,19,20). The molecule has 1 aromatic heterocycles. The molecule has 2 heterocycles. The predicted molar refractivity (Wildman–Crippen MR) is 74.8 cm³/mol. The zero-order valence-corrected chi connectivity index (χ0v) is 11.8. The quantitative estimate of drug-likeness (QED) is 0.761. The highest BCUT2D eigenvalue weighted by atomic mass is 16.4. The first-order valence-corrected chi connectivity index (χ1v) is 6.86. The number of hydrogen-bond acceptors (Lipinski definition) is 4. The van der Waals surface area contributed by atoms with E-state index < -0.39 is 5.97 Å². The van der Waals surface area contributed by atoms with Crippen LogP contribution < -0.4 is 5.32 Å². The van der Waals surface area contributed by atoms with E-state index in [0.717, 1.165) is 0 Å². The molecule has 1 fully saturated rings. The van der Waals surface area contributed by atoms with Crippen LogP contribution in [0.4, 0.5) is 4.79 Å². The Labute approximate surface area is 122 Å². The number of rotatable bonds is 3. The molecule has 0 spiro atoms. The molecule has 1 saturated heterocycles. The molecule has 7 heteroatoms. The third-order valence-corrected chi connectivity index (χ3v) is 3.63. The van der Waals surface area contributed by atoms with Crippen molar-refractivity contribution >= 4 is 12.0 Å². The number of nitrogens with one attached hydrogen (secondary N) is 1. The highest BCUT2D eigenvalue weighted by molar-refractivity contribution is 5.87. The van der Waals surface area contributed by atoms with Crippen molar-refractivity contribution in [1.29, 1.82) is 0 Å². The molecule has 1 aliphatic heterocycles. The Bertz CT molecular complexity index is 535. The number of aromatic nitrogens is 1. The molecule has 1 aromatic rings. The molecular formula is C14H19N3O4. The molecule has 0 bridgehead atoms. The summed E-state index contributed by atoms with van der Waals surface area (Å²) < 4.78 is 0. The van der Waals surface area contributed by atoms with E-state index in [1.807, 2.05) is 6.92 Å². The number of likely N-dealkylation sites (tertiary alicyclic amines) is 1. The van der Waals surface area contributed by atoms with Gasteiger partial charge in [0.2, 0.25) is 0 Å². The summed E-state index contributed by atoms with van der Waals surface area (Å²) in [6, 6.07) is 2.61. The summed E-state index contributed by atoms with van der Waals surface area (Å²) in [6.45, 7) is 3.10. The number of aliphatic hydroxyl groups is 1. The number of hydrogen-bond donors (Lipinski definition) is 3. The number of piperidine rings is 1. The van der Waals surface area contributed by atoms with E-state index in [9.17, 15) is 14.7 Å². The lowest BCUT2D eigenvalue weighted by Gasteiger charge is -2.34. The fourth-order valence-electron chi connectivity index (χ4n) is 2.30. The highest BCUT2D eigenvalue weighted by Crippen LogP contribution is 2.16. The average molecular weight is 293 g/mol. The van der Waals surface area contributed by atoms with Gasteiger partial charge in [-0.2, -0.15) is 0 Å². The van der Waals surface area contributed by atoms with Crippen LogP contribution in [-0.2, 0) is 6.54 Å². The van der Waals surface area contributed by atoms with Gasteiger partial charge in [0.25, 0.3) is 0 Å². The largest absolute Gasteiger partial charge is 0.478 e. The van der Waals surface area contributed by atoms with Crippen LogP contribution in [0.1, 0.15) is 29.4 Å². The molecule has 0 aromatic carbocycles. The van der Waals surface area contributed by atoms with Gasteiger partial charge in [0, 0.05) is 19.3 Å². The fraction of sp³-hybridized carbons (Fsp3) is 0.500. The number of carboxylic acid groups (broad SMARTS) is 1. The van der Waals surface area contributed by atoms with E-state index in [2.05, 4.69) is 10.3 Å². The van der Waals surface area contributed by atoms with E-state index in [-0.39, 0.29) is 30.2 Å². The van der Waals surface area contributed by atoms with Gasteiger partial charge >= 0.3 is 12.0 Å². The molecule has 2 amide bonds. The van der Waals surface area contributed by atoms with Crippen molar-refractivity contribution in [2.75, 3.05) is 13.1 Å². The molecular weight excluding hydrogens is 274 g/mol. The van der Waals surface area contributed by atoms with Crippen LogP contribution >= 0.6 is 0 Å². The first-order valence-electron chi connectivity index (χ1n) is 6.86. The van der Waals surface area contributed by atoms with Gasteiger partial charge in [0.15, 0.2) is 0 Å². The maximum Gasteiger partial charge on any atom is 0.335 e. The molecule has 7 nitrogen and oxygen atoms in total. The maximum atomic E-state index is 12.0. The lowest BCUT2D eigenvalue weighted by molar-refractivity contribution is 0.0480. The van der Waals surface area contributed by atoms with Gasteiger partial charge in [0.05, 0.1) is 23.9 Å². The fourth-order valence-corrected chi connectivity index (χ4v) is 2.30. The van der Waals surface area contributed by atoms with Gasteiger partial charge < -0.3 is 20.4 Å². The maximum absolute atomic E-state index is 12.0. The first kappa shape index (κ1) is 15.2. The molecule has 0 aliphatic carbocycles. The second-order valence-corrected chi connectivity index (χ2v) is 5.28. The van der Waals surface area contributed by atoms with Crippen molar-refractivity contribution in [2.45, 2.75) is 26.0 Å². The van der Waals surface area contributed by atoms with E-state index in [1.54, 1.807) is 4.90 Å². The molecule has 3 N–H and O–H groups in total. The molecule has 21 heavy (non-hydrogen) atoms. The number of carbonyl (C=O) groups excluding carboxylic acids is 1. The van der Waals surface area contributed by atoms with Gasteiger partial charge in [-0.25, -0.2) is 9.59 Å². The number of aliphatic hydroxyl groups excluding tert-OH is 1. The van der Waals surface area contributed by atoms with Crippen LogP contribution in [0.15, 0.2) is 18.3 Å². The second kappa shape index (κ2) is 6.53. The van der Waals surface area contributed by atoms with Crippen molar-refractivity contribution in [3.05, 3.63) is 29.6 Å². The van der Waals surface area contributed by atoms with Gasteiger partial charge in [-0.1, -0.05) is 6.92 Å². The molecule has 1 aliphatic rings. The van der Waals surface area contributed by atoms with Crippen LogP contribution in [0.2, 0.25) is 0 Å². The monoisotopic (exact) mass is 293 g/mol. The summed E-state index contributed by atoms with van der Waals surface area (Å²) in [5, 5.41) is 21.3. The number of carbonyl (C=O) groups is 2. The molecule has 2 unspecified atom stereocenters. The van der Waals surface area contributed by atoms with Gasteiger partial charge in [-0.15, -0.1) is 0 Å². The number of aromatic carboxylic acids is 1. The topological polar surface area (TPSA) is 103 Å². The summed E-state index contributed by atoms with van der Waals surface area (Å²) >= 11 is 0. The Kier molecular flexibility index (Phi) is 4.74. The van der Waals surface area contributed by atoms with Crippen LogP contribution in [-0.4, -0.2) is 51.3 Å². The molecule has 0 saturated carbocycles. The van der Waals surface area contributed by atoms with E-state index in [1.165, 1.54) is 18.3 Å².